The normalized spacial score (nSPS) is 13.0. The van der Waals surface area contributed by atoms with Gasteiger partial charge in [-0.25, -0.2) is 0 Å². The fourth-order valence-electron chi connectivity index (χ4n) is 1.45. The van der Waals surface area contributed by atoms with Crippen molar-refractivity contribution in [3.63, 3.8) is 0 Å². The SMILES string of the molecule is BCCN(B)CC(O)c1cccnc1. The molecule has 0 aliphatic rings. The van der Waals surface area contributed by atoms with E-state index in [9.17, 15) is 5.11 Å². The molecule has 1 aromatic heterocycles. The van der Waals surface area contributed by atoms with Crippen LogP contribution in [-0.4, -0.2) is 43.8 Å². The summed E-state index contributed by atoms with van der Waals surface area (Å²) in [5, 5.41) is 9.84. The zero-order valence-electron chi connectivity index (χ0n) is 8.85. The second-order valence-electron chi connectivity index (χ2n) is 3.56. The van der Waals surface area contributed by atoms with Crippen LogP contribution < -0.4 is 0 Å². The van der Waals surface area contributed by atoms with Gasteiger partial charge in [-0.1, -0.05) is 12.4 Å². The van der Waals surface area contributed by atoms with E-state index in [1.165, 1.54) is 0 Å². The van der Waals surface area contributed by atoms with Gasteiger partial charge in [0.15, 0.2) is 7.98 Å². The highest BCUT2D eigenvalue weighted by molar-refractivity contribution is 6.09. The van der Waals surface area contributed by atoms with Crippen molar-refractivity contribution in [1.82, 2.24) is 9.79 Å². The van der Waals surface area contributed by atoms with Gasteiger partial charge in [-0.3, -0.25) is 4.98 Å². The van der Waals surface area contributed by atoms with Gasteiger partial charge in [-0.05, 0) is 12.6 Å². The lowest BCUT2D eigenvalue weighted by atomic mass is 10.0. The second kappa shape index (κ2) is 5.83. The van der Waals surface area contributed by atoms with Gasteiger partial charge in [-0.2, -0.15) is 0 Å². The van der Waals surface area contributed by atoms with E-state index in [4.69, 9.17) is 0 Å². The highest BCUT2D eigenvalue weighted by atomic mass is 16.3. The van der Waals surface area contributed by atoms with Crippen LogP contribution in [0.25, 0.3) is 0 Å². The Balaban J connectivity index is 2.46. The molecule has 0 fully saturated rings. The summed E-state index contributed by atoms with van der Waals surface area (Å²) in [4.78, 5) is 6.10. The van der Waals surface area contributed by atoms with E-state index in [1.54, 1.807) is 12.4 Å². The number of aliphatic hydroxyl groups is 1. The van der Waals surface area contributed by atoms with Gasteiger partial charge in [0, 0.05) is 24.5 Å². The standard InChI is InChI=1S/C9H16B2N2O/c10-3-5-13(11)7-9(14)8-2-1-4-12-6-8/h1-2,4,6,9,14H,3,5,7,10-11H2. The predicted molar refractivity (Wildman–Crippen MR) is 62.7 cm³/mol. The first-order valence-electron chi connectivity index (χ1n) is 5.00. The van der Waals surface area contributed by atoms with Crippen molar-refractivity contribution >= 4 is 15.8 Å². The molecule has 0 amide bonds. The van der Waals surface area contributed by atoms with Gasteiger partial charge in [-0.15, -0.1) is 0 Å². The molecule has 1 rings (SSSR count). The highest BCUT2D eigenvalue weighted by Gasteiger charge is 2.09. The molecule has 0 aliphatic heterocycles. The summed E-state index contributed by atoms with van der Waals surface area (Å²) in [6, 6.07) is 3.75. The molecule has 0 bridgehead atoms. The molecule has 0 saturated heterocycles. The number of pyridine rings is 1. The molecule has 0 aliphatic carbocycles. The van der Waals surface area contributed by atoms with Crippen molar-refractivity contribution in [3.05, 3.63) is 30.1 Å². The summed E-state index contributed by atoms with van der Waals surface area (Å²) in [5.41, 5.74) is 0.885. The number of rotatable bonds is 5. The summed E-state index contributed by atoms with van der Waals surface area (Å²) in [5.74, 6) is 0. The van der Waals surface area contributed by atoms with Crippen LogP contribution in [0.1, 0.15) is 11.7 Å². The first-order chi connectivity index (χ1) is 6.74. The molecule has 1 unspecified atom stereocenters. The molecule has 1 atom stereocenters. The quantitative estimate of drug-likeness (QED) is 0.606. The predicted octanol–water partition coefficient (Wildman–Crippen LogP) is -0.984. The fraction of sp³-hybridized carbons (Fsp3) is 0.444. The first kappa shape index (κ1) is 11.3. The molecule has 0 saturated carbocycles. The third-order valence-corrected chi connectivity index (χ3v) is 2.16. The van der Waals surface area contributed by atoms with Crippen LogP contribution in [0.2, 0.25) is 6.32 Å². The summed E-state index contributed by atoms with van der Waals surface area (Å²) in [7, 11) is 4.15. The van der Waals surface area contributed by atoms with Crippen LogP contribution in [-0.2, 0) is 0 Å². The van der Waals surface area contributed by atoms with Crippen LogP contribution in [0, 0.1) is 0 Å². The van der Waals surface area contributed by atoms with E-state index in [2.05, 4.69) is 17.6 Å². The maximum atomic E-state index is 9.84. The number of nitrogens with zero attached hydrogens (tertiary/aromatic N) is 2. The van der Waals surface area contributed by atoms with Gasteiger partial charge in [0.1, 0.15) is 7.85 Å². The summed E-state index contributed by atoms with van der Waals surface area (Å²) >= 11 is 0. The Labute approximate surface area is 87.0 Å². The Morgan fingerprint density at radius 3 is 2.93 bits per heavy atom. The molecular formula is C9H16B2N2O. The van der Waals surface area contributed by atoms with E-state index in [-0.39, 0.29) is 0 Å². The van der Waals surface area contributed by atoms with E-state index in [1.807, 2.05) is 20.1 Å². The third-order valence-electron chi connectivity index (χ3n) is 2.16. The Hall–Kier alpha value is -0.800. The van der Waals surface area contributed by atoms with E-state index in [0.717, 1.165) is 18.4 Å². The second-order valence-corrected chi connectivity index (χ2v) is 3.56. The minimum atomic E-state index is -0.430. The first-order valence-corrected chi connectivity index (χ1v) is 5.00. The number of aromatic nitrogens is 1. The number of hydrogen-bond donors (Lipinski definition) is 1. The van der Waals surface area contributed by atoms with Crippen molar-refractivity contribution in [2.24, 2.45) is 0 Å². The van der Waals surface area contributed by atoms with E-state index < -0.39 is 6.10 Å². The van der Waals surface area contributed by atoms with Gasteiger partial charge in [0.25, 0.3) is 0 Å². The molecular weight excluding hydrogens is 174 g/mol. The fourth-order valence-corrected chi connectivity index (χ4v) is 1.45. The van der Waals surface area contributed by atoms with E-state index in [0.29, 0.717) is 6.54 Å². The molecule has 1 N–H and O–H groups in total. The van der Waals surface area contributed by atoms with Crippen molar-refractivity contribution in [3.8, 4) is 0 Å². The molecule has 0 spiro atoms. The van der Waals surface area contributed by atoms with Crippen LogP contribution in [0.5, 0.6) is 0 Å². The minimum absolute atomic E-state index is 0.430. The van der Waals surface area contributed by atoms with Crippen molar-refractivity contribution in [2.75, 3.05) is 13.1 Å². The average Bonchev–Trinajstić information content (AvgIpc) is 2.19. The van der Waals surface area contributed by atoms with Crippen LogP contribution >= 0.6 is 0 Å². The highest BCUT2D eigenvalue weighted by Crippen LogP contribution is 2.11. The van der Waals surface area contributed by atoms with Crippen LogP contribution in [0.4, 0.5) is 0 Å². The zero-order valence-corrected chi connectivity index (χ0v) is 8.85. The van der Waals surface area contributed by atoms with Crippen LogP contribution in [0.3, 0.4) is 0 Å². The lowest BCUT2D eigenvalue weighted by Gasteiger charge is -2.20. The summed E-state index contributed by atoms with van der Waals surface area (Å²) in [6.45, 7) is 1.68. The molecule has 1 aromatic rings. The monoisotopic (exact) mass is 190 g/mol. The van der Waals surface area contributed by atoms with Gasteiger partial charge in [0.05, 0.1) is 6.10 Å². The minimum Gasteiger partial charge on any atom is -0.387 e. The largest absolute Gasteiger partial charge is 0.387 e. The number of hydrogen-bond acceptors (Lipinski definition) is 3. The number of aliphatic hydroxyl groups excluding tert-OH is 1. The Kier molecular flexibility index (Phi) is 4.70. The maximum absolute atomic E-state index is 9.84. The van der Waals surface area contributed by atoms with Gasteiger partial charge in [0.2, 0.25) is 0 Å². The zero-order chi connectivity index (χ0) is 10.4. The third kappa shape index (κ3) is 3.52. The summed E-state index contributed by atoms with van der Waals surface area (Å²) in [6.07, 6.45) is 4.10. The Bertz CT molecular complexity index is 258. The van der Waals surface area contributed by atoms with Crippen LogP contribution in [0.15, 0.2) is 24.5 Å². The van der Waals surface area contributed by atoms with Crippen molar-refractivity contribution in [2.45, 2.75) is 12.4 Å². The molecule has 3 nitrogen and oxygen atoms in total. The molecule has 0 aromatic carbocycles. The maximum Gasteiger partial charge on any atom is 0.185 e. The smallest absolute Gasteiger partial charge is 0.185 e. The van der Waals surface area contributed by atoms with Gasteiger partial charge < -0.3 is 9.92 Å². The molecule has 14 heavy (non-hydrogen) atoms. The van der Waals surface area contributed by atoms with Crippen molar-refractivity contribution < 1.29 is 5.11 Å². The average molecular weight is 190 g/mol. The summed E-state index contributed by atoms with van der Waals surface area (Å²) < 4.78 is 0. The Morgan fingerprint density at radius 1 is 1.57 bits per heavy atom. The topological polar surface area (TPSA) is 36.4 Å². The lowest BCUT2D eigenvalue weighted by Crippen LogP contribution is -2.26. The molecule has 5 heteroatoms. The molecule has 1 heterocycles. The Morgan fingerprint density at radius 2 is 2.36 bits per heavy atom. The van der Waals surface area contributed by atoms with Gasteiger partial charge >= 0.3 is 0 Å². The molecule has 74 valence electrons. The van der Waals surface area contributed by atoms with Crippen molar-refractivity contribution in [1.29, 1.82) is 0 Å². The lowest BCUT2D eigenvalue weighted by molar-refractivity contribution is 0.150. The van der Waals surface area contributed by atoms with E-state index >= 15 is 0 Å². The molecule has 0 radical (unpaired) electrons.